The van der Waals surface area contributed by atoms with Crippen LogP contribution in [0.2, 0.25) is 0 Å². The summed E-state index contributed by atoms with van der Waals surface area (Å²) in [4.78, 5) is 0. The average Bonchev–Trinajstić information content (AvgIpc) is 2.20. The summed E-state index contributed by atoms with van der Waals surface area (Å²) in [6.07, 6.45) is 1.56. The van der Waals surface area contributed by atoms with Gasteiger partial charge >= 0.3 is 0 Å². The lowest BCUT2D eigenvalue weighted by atomic mass is 10.2. The van der Waals surface area contributed by atoms with Crippen LogP contribution in [0.15, 0.2) is 18.7 Å². The number of halogens is 2. The predicted molar refractivity (Wildman–Crippen MR) is 92.9 cm³/mol. The third-order valence-corrected chi connectivity index (χ3v) is 3.66. The highest BCUT2D eigenvalue weighted by Crippen LogP contribution is 2.30. The minimum atomic E-state index is -0.276. The summed E-state index contributed by atoms with van der Waals surface area (Å²) in [6.45, 7) is 11.7. The van der Waals surface area contributed by atoms with E-state index < -0.39 is 0 Å². The monoisotopic (exact) mass is 472 g/mol. The molecular formula is C14H18I2O2. The molecule has 0 amide bonds. The minimum absolute atomic E-state index is 0.211. The Balaban J connectivity index is 2.88. The van der Waals surface area contributed by atoms with Crippen LogP contribution in [-0.2, 0) is 4.74 Å². The molecule has 0 bridgehead atoms. The zero-order valence-electron chi connectivity index (χ0n) is 11.1. The van der Waals surface area contributed by atoms with E-state index >= 15 is 0 Å². The van der Waals surface area contributed by atoms with Gasteiger partial charge in [0.2, 0.25) is 0 Å². The molecule has 0 radical (unpaired) electrons. The third-order valence-electron chi connectivity index (χ3n) is 2.06. The Morgan fingerprint density at radius 3 is 2.11 bits per heavy atom. The molecule has 4 heteroatoms. The van der Waals surface area contributed by atoms with Crippen molar-refractivity contribution < 1.29 is 9.47 Å². The van der Waals surface area contributed by atoms with Gasteiger partial charge in [-0.05, 0) is 90.6 Å². The second-order valence-electron chi connectivity index (χ2n) is 4.93. The summed E-state index contributed by atoms with van der Waals surface area (Å²) in [6, 6.07) is 4.10. The van der Waals surface area contributed by atoms with Crippen LogP contribution in [-0.4, -0.2) is 11.9 Å². The first-order valence-electron chi connectivity index (χ1n) is 5.69. The van der Waals surface area contributed by atoms with Crippen LogP contribution in [0.4, 0.5) is 0 Å². The predicted octanol–water partition coefficient (Wildman–Crippen LogP) is 5.08. The topological polar surface area (TPSA) is 18.5 Å². The van der Waals surface area contributed by atoms with Gasteiger partial charge in [-0.2, -0.15) is 0 Å². The molecule has 0 fully saturated rings. The summed E-state index contributed by atoms with van der Waals surface area (Å²) >= 11 is 4.54. The molecule has 0 saturated carbocycles. The Labute approximate surface area is 136 Å². The Morgan fingerprint density at radius 2 is 1.72 bits per heavy atom. The molecule has 1 aromatic carbocycles. The highest BCUT2D eigenvalue weighted by atomic mass is 127. The largest absolute Gasteiger partial charge is 0.463 e. The van der Waals surface area contributed by atoms with E-state index in [-0.39, 0.29) is 11.9 Å². The Bertz CT molecular complexity index is 413. The molecule has 1 unspecified atom stereocenters. The Hall–Kier alpha value is 0.180. The standard InChI is InChI=1S/C14H18I2O2/c1-6-10-7-11(15)13(12(16)8-10)17-9(2)18-14(3,4)5/h6-9H,1H2,2-5H3. The summed E-state index contributed by atoms with van der Waals surface area (Å²) in [5, 5.41) is 0. The van der Waals surface area contributed by atoms with Crippen LogP contribution in [0.5, 0.6) is 5.75 Å². The molecule has 0 N–H and O–H groups in total. The number of rotatable bonds is 4. The van der Waals surface area contributed by atoms with E-state index in [4.69, 9.17) is 9.47 Å². The number of hydrogen-bond acceptors (Lipinski definition) is 2. The lowest BCUT2D eigenvalue weighted by Crippen LogP contribution is -2.29. The fraction of sp³-hybridized carbons (Fsp3) is 0.429. The number of benzene rings is 1. The van der Waals surface area contributed by atoms with Gasteiger partial charge in [0.1, 0.15) is 5.75 Å². The van der Waals surface area contributed by atoms with E-state index in [9.17, 15) is 0 Å². The first kappa shape index (κ1) is 16.2. The number of ether oxygens (including phenoxy) is 2. The Kier molecular flexibility index (Phi) is 5.92. The van der Waals surface area contributed by atoms with E-state index in [0.29, 0.717) is 0 Å². The fourth-order valence-electron chi connectivity index (χ4n) is 1.50. The molecule has 2 nitrogen and oxygen atoms in total. The normalized spacial score (nSPS) is 13.2. The van der Waals surface area contributed by atoms with Crippen molar-refractivity contribution in [1.29, 1.82) is 0 Å². The zero-order valence-corrected chi connectivity index (χ0v) is 15.4. The number of hydrogen-bond donors (Lipinski definition) is 0. The van der Waals surface area contributed by atoms with E-state index in [1.165, 1.54) is 0 Å². The van der Waals surface area contributed by atoms with E-state index in [0.717, 1.165) is 18.5 Å². The van der Waals surface area contributed by atoms with Crippen LogP contribution >= 0.6 is 45.2 Å². The first-order chi connectivity index (χ1) is 8.23. The summed E-state index contributed by atoms with van der Waals surface area (Å²) in [5.74, 6) is 0.874. The fourth-order valence-corrected chi connectivity index (χ4v) is 3.57. The molecular weight excluding hydrogens is 454 g/mol. The minimum Gasteiger partial charge on any atom is -0.463 e. The quantitative estimate of drug-likeness (QED) is 0.450. The summed E-state index contributed by atoms with van der Waals surface area (Å²) in [5.41, 5.74) is 0.887. The molecule has 0 saturated heterocycles. The van der Waals surface area contributed by atoms with E-state index in [1.54, 1.807) is 0 Å². The molecule has 0 aliphatic heterocycles. The van der Waals surface area contributed by atoms with Gasteiger partial charge in [0.15, 0.2) is 6.29 Å². The summed E-state index contributed by atoms with van der Waals surface area (Å²) in [7, 11) is 0. The van der Waals surface area contributed by atoms with Crippen LogP contribution in [0.1, 0.15) is 33.3 Å². The SMILES string of the molecule is C=Cc1cc(I)c(OC(C)OC(C)(C)C)c(I)c1. The molecule has 0 heterocycles. The van der Waals surface area contributed by atoms with Crippen molar-refractivity contribution in [3.63, 3.8) is 0 Å². The van der Waals surface area contributed by atoms with E-state index in [2.05, 4.69) is 63.9 Å². The van der Waals surface area contributed by atoms with Gasteiger partial charge in [-0.1, -0.05) is 12.7 Å². The van der Waals surface area contributed by atoms with Crippen molar-refractivity contribution in [2.75, 3.05) is 0 Å². The van der Waals surface area contributed by atoms with Crippen LogP contribution < -0.4 is 4.74 Å². The molecule has 0 aliphatic rings. The van der Waals surface area contributed by atoms with Gasteiger partial charge in [0.05, 0.1) is 12.7 Å². The summed E-state index contributed by atoms with van der Waals surface area (Å²) < 4.78 is 13.8. The lowest BCUT2D eigenvalue weighted by Gasteiger charge is -2.26. The van der Waals surface area contributed by atoms with Crippen molar-refractivity contribution in [2.45, 2.75) is 39.6 Å². The van der Waals surface area contributed by atoms with Crippen LogP contribution in [0.3, 0.4) is 0 Å². The molecule has 100 valence electrons. The van der Waals surface area contributed by atoms with Crippen LogP contribution in [0.25, 0.3) is 6.08 Å². The van der Waals surface area contributed by atoms with Gasteiger partial charge in [-0.25, -0.2) is 0 Å². The van der Waals surface area contributed by atoms with Crippen molar-refractivity contribution in [3.05, 3.63) is 31.4 Å². The maximum atomic E-state index is 5.88. The zero-order chi connectivity index (χ0) is 13.9. The van der Waals surface area contributed by atoms with Crippen molar-refractivity contribution in [1.82, 2.24) is 0 Å². The van der Waals surface area contributed by atoms with Crippen molar-refractivity contribution in [2.24, 2.45) is 0 Å². The smallest absolute Gasteiger partial charge is 0.197 e. The van der Waals surface area contributed by atoms with Crippen molar-refractivity contribution >= 4 is 51.3 Å². The van der Waals surface area contributed by atoms with Gasteiger partial charge in [0, 0.05) is 0 Å². The highest BCUT2D eigenvalue weighted by Gasteiger charge is 2.18. The second kappa shape index (κ2) is 6.56. The maximum Gasteiger partial charge on any atom is 0.197 e. The molecule has 0 aromatic heterocycles. The molecule has 0 aliphatic carbocycles. The third kappa shape index (κ3) is 5.05. The molecule has 18 heavy (non-hydrogen) atoms. The average molecular weight is 472 g/mol. The first-order valence-corrected chi connectivity index (χ1v) is 7.84. The van der Waals surface area contributed by atoms with E-state index in [1.807, 2.05) is 33.8 Å². The lowest BCUT2D eigenvalue weighted by molar-refractivity contribution is -0.140. The molecule has 0 spiro atoms. The molecule has 1 rings (SSSR count). The second-order valence-corrected chi connectivity index (χ2v) is 7.26. The van der Waals surface area contributed by atoms with Gasteiger partial charge in [0.25, 0.3) is 0 Å². The molecule has 1 aromatic rings. The Morgan fingerprint density at radius 1 is 1.22 bits per heavy atom. The van der Waals surface area contributed by atoms with Crippen molar-refractivity contribution in [3.8, 4) is 5.75 Å². The van der Waals surface area contributed by atoms with Gasteiger partial charge in [-0.15, -0.1) is 0 Å². The highest BCUT2D eigenvalue weighted by molar-refractivity contribution is 14.1. The maximum absolute atomic E-state index is 5.88. The van der Waals surface area contributed by atoms with Gasteiger partial charge < -0.3 is 9.47 Å². The molecule has 1 atom stereocenters. The van der Waals surface area contributed by atoms with Crippen LogP contribution in [0, 0.1) is 7.14 Å². The van der Waals surface area contributed by atoms with Gasteiger partial charge in [-0.3, -0.25) is 0 Å².